The van der Waals surface area contributed by atoms with Crippen molar-refractivity contribution in [3.8, 4) is 0 Å². The van der Waals surface area contributed by atoms with Crippen molar-refractivity contribution >= 4 is 22.8 Å². The van der Waals surface area contributed by atoms with Crippen LogP contribution in [0.3, 0.4) is 0 Å². The highest BCUT2D eigenvalue weighted by molar-refractivity contribution is 5.86. The molecule has 4 atom stereocenters. The fourth-order valence-corrected chi connectivity index (χ4v) is 4.98. The number of hydrogen-bond donors (Lipinski definition) is 2. The number of nitrogen functional groups attached to an aromatic ring is 1. The number of piperidine rings is 1. The van der Waals surface area contributed by atoms with Gasteiger partial charge in [0.2, 0.25) is 0 Å². The van der Waals surface area contributed by atoms with Gasteiger partial charge in [0.1, 0.15) is 30.1 Å². The largest absolute Gasteiger partial charge is 0.465 e. The molecule has 0 bridgehead atoms. The molecule has 3 N–H and O–H groups in total. The molecule has 4 unspecified atom stereocenters. The van der Waals surface area contributed by atoms with E-state index in [1.54, 1.807) is 33.0 Å². The summed E-state index contributed by atoms with van der Waals surface area (Å²) in [6.07, 6.45) is 2.17. The van der Waals surface area contributed by atoms with Crippen molar-refractivity contribution in [3.05, 3.63) is 18.6 Å². The molecule has 2 saturated heterocycles. The Hall–Kier alpha value is -2.37. The zero-order valence-electron chi connectivity index (χ0n) is 19.1. The van der Waals surface area contributed by atoms with Gasteiger partial charge in [-0.05, 0) is 33.3 Å². The Morgan fingerprint density at radius 3 is 2.88 bits per heavy atom. The lowest BCUT2D eigenvalue weighted by atomic mass is 9.84. The van der Waals surface area contributed by atoms with E-state index in [4.69, 9.17) is 15.2 Å². The highest BCUT2D eigenvalue weighted by atomic mass is 19.3. The summed E-state index contributed by atoms with van der Waals surface area (Å²) >= 11 is 0. The van der Waals surface area contributed by atoms with Crippen molar-refractivity contribution in [2.24, 2.45) is 5.92 Å². The lowest BCUT2D eigenvalue weighted by Gasteiger charge is -2.40. The van der Waals surface area contributed by atoms with Crippen LogP contribution in [0.15, 0.2) is 18.6 Å². The Balaban J connectivity index is 1.60. The van der Waals surface area contributed by atoms with Crippen LogP contribution < -0.4 is 5.73 Å². The number of rotatable bonds is 6. The SMILES string of the molecule is CCOC(=O)C1CCC(F)(F)CN1CC1OC(n2ccc3c(N)ncnc32)CC1C(C)(C)O. The van der Waals surface area contributed by atoms with Crippen LogP contribution in [0.25, 0.3) is 11.0 Å². The highest BCUT2D eigenvalue weighted by Gasteiger charge is 2.49. The molecule has 2 aliphatic rings. The van der Waals surface area contributed by atoms with E-state index in [1.807, 2.05) is 4.57 Å². The van der Waals surface area contributed by atoms with Crippen LogP contribution in [0, 0.1) is 5.92 Å². The number of aliphatic hydroxyl groups is 1. The molecule has 4 heterocycles. The Morgan fingerprint density at radius 1 is 1.42 bits per heavy atom. The second kappa shape index (κ2) is 8.77. The van der Waals surface area contributed by atoms with Crippen LogP contribution in [0.1, 0.15) is 46.3 Å². The number of nitrogens with zero attached hydrogens (tertiary/aromatic N) is 4. The monoisotopic (exact) mass is 467 g/mol. The van der Waals surface area contributed by atoms with E-state index in [9.17, 15) is 18.7 Å². The van der Waals surface area contributed by atoms with Crippen LogP contribution in [-0.2, 0) is 14.3 Å². The topological polar surface area (TPSA) is 116 Å². The number of hydrogen-bond acceptors (Lipinski definition) is 8. The standard InChI is InChI=1S/C22H31F2N5O4/c1-4-32-20(30)15-5-7-22(23,24)11-28(15)10-16-14(21(2,3)31)9-17(33-16)29-8-6-13-18(25)26-12-27-19(13)29/h6,8,12,14-17,31H,4-5,7,9-11H2,1-3H3,(H2,25,26,27). The maximum absolute atomic E-state index is 14.3. The maximum atomic E-state index is 14.3. The van der Waals surface area contributed by atoms with Crippen molar-refractivity contribution in [1.29, 1.82) is 0 Å². The number of carbonyl (C=O) groups excluding carboxylic acids is 1. The number of alkyl halides is 2. The first kappa shape index (κ1) is 23.8. The van der Waals surface area contributed by atoms with Gasteiger partial charge in [0.05, 0.1) is 30.2 Å². The predicted molar refractivity (Wildman–Crippen MR) is 116 cm³/mol. The summed E-state index contributed by atoms with van der Waals surface area (Å²) in [6, 6.07) is 1.03. The van der Waals surface area contributed by atoms with Gasteiger partial charge >= 0.3 is 5.97 Å². The average molecular weight is 468 g/mol. The molecule has 182 valence electrons. The third-order valence-corrected chi connectivity index (χ3v) is 6.63. The minimum absolute atomic E-state index is 0.00754. The smallest absolute Gasteiger partial charge is 0.323 e. The number of aromatic nitrogens is 3. The average Bonchev–Trinajstić information content (AvgIpc) is 3.32. The Kier molecular flexibility index (Phi) is 6.32. The fourth-order valence-electron chi connectivity index (χ4n) is 4.98. The molecule has 9 nitrogen and oxygen atoms in total. The molecule has 2 aliphatic heterocycles. The summed E-state index contributed by atoms with van der Waals surface area (Å²) in [7, 11) is 0. The molecule has 2 aromatic heterocycles. The molecular formula is C22H31F2N5O4. The number of halogens is 2. The van der Waals surface area contributed by atoms with Crippen LogP contribution in [0.5, 0.6) is 0 Å². The molecular weight excluding hydrogens is 436 g/mol. The molecule has 2 aromatic rings. The van der Waals surface area contributed by atoms with Gasteiger partial charge in [-0.15, -0.1) is 0 Å². The molecule has 4 rings (SSSR count). The fraction of sp³-hybridized carbons (Fsp3) is 0.682. The second-order valence-corrected chi connectivity index (χ2v) is 9.44. The normalized spacial score (nSPS) is 28.3. The van der Waals surface area contributed by atoms with E-state index in [0.717, 1.165) is 0 Å². The van der Waals surface area contributed by atoms with E-state index >= 15 is 0 Å². The van der Waals surface area contributed by atoms with E-state index in [0.29, 0.717) is 23.3 Å². The summed E-state index contributed by atoms with van der Waals surface area (Å²) in [5.41, 5.74) is 5.41. The van der Waals surface area contributed by atoms with Gasteiger partial charge in [0.25, 0.3) is 5.92 Å². The minimum atomic E-state index is -2.91. The molecule has 0 spiro atoms. The number of carbonyl (C=O) groups is 1. The van der Waals surface area contributed by atoms with Crippen molar-refractivity contribution in [2.75, 3.05) is 25.4 Å². The molecule has 33 heavy (non-hydrogen) atoms. The third kappa shape index (κ3) is 4.80. The van der Waals surface area contributed by atoms with Crippen LogP contribution in [0.4, 0.5) is 14.6 Å². The number of esters is 1. The summed E-state index contributed by atoms with van der Waals surface area (Å²) in [5, 5.41) is 11.5. The lowest BCUT2D eigenvalue weighted by molar-refractivity contribution is -0.161. The first-order valence-electron chi connectivity index (χ1n) is 11.2. The lowest BCUT2D eigenvalue weighted by Crippen LogP contribution is -2.56. The number of nitrogens with two attached hydrogens (primary N) is 1. The molecule has 0 saturated carbocycles. The molecule has 2 fully saturated rings. The molecule has 11 heteroatoms. The van der Waals surface area contributed by atoms with Gasteiger partial charge in [-0.2, -0.15) is 0 Å². The predicted octanol–water partition coefficient (Wildman–Crippen LogP) is 2.35. The number of anilines is 1. The number of fused-ring (bicyclic) bond motifs is 1. The first-order chi connectivity index (χ1) is 15.5. The summed E-state index contributed by atoms with van der Waals surface area (Å²) in [4.78, 5) is 22.2. The van der Waals surface area contributed by atoms with E-state index in [2.05, 4.69) is 9.97 Å². The molecule has 0 aromatic carbocycles. The quantitative estimate of drug-likeness (QED) is 0.622. The van der Waals surface area contributed by atoms with Gasteiger partial charge in [-0.3, -0.25) is 9.69 Å². The van der Waals surface area contributed by atoms with Crippen molar-refractivity contribution in [1.82, 2.24) is 19.4 Å². The van der Waals surface area contributed by atoms with Crippen LogP contribution >= 0.6 is 0 Å². The summed E-state index contributed by atoms with van der Waals surface area (Å²) < 4.78 is 41.8. The van der Waals surface area contributed by atoms with E-state index in [-0.39, 0.29) is 31.9 Å². The van der Waals surface area contributed by atoms with E-state index < -0.39 is 42.4 Å². The molecule has 0 aliphatic carbocycles. The van der Waals surface area contributed by atoms with Gasteiger partial charge in [0, 0.05) is 31.5 Å². The van der Waals surface area contributed by atoms with Crippen molar-refractivity contribution in [3.63, 3.8) is 0 Å². The van der Waals surface area contributed by atoms with Crippen LogP contribution in [0.2, 0.25) is 0 Å². The summed E-state index contributed by atoms with van der Waals surface area (Å²) in [6.45, 7) is 4.73. The molecule has 0 radical (unpaired) electrons. The Morgan fingerprint density at radius 2 is 2.18 bits per heavy atom. The summed E-state index contributed by atoms with van der Waals surface area (Å²) in [5.74, 6) is -3.43. The number of likely N-dealkylation sites (tertiary alicyclic amines) is 1. The zero-order valence-corrected chi connectivity index (χ0v) is 19.1. The number of ether oxygens (including phenoxy) is 2. The van der Waals surface area contributed by atoms with Crippen molar-refractivity contribution in [2.45, 2.75) is 69.9 Å². The van der Waals surface area contributed by atoms with Gasteiger partial charge < -0.3 is 24.9 Å². The van der Waals surface area contributed by atoms with Gasteiger partial charge in [0.15, 0.2) is 0 Å². The van der Waals surface area contributed by atoms with E-state index in [1.165, 1.54) is 11.2 Å². The van der Waals surface area contributed by atoms with Gasteiger partial charge in [-0.25, -0.2) is 18.7 Å². The highest BCUT2D eigenvalue weighted by Crippen LogP contribution is 2.42. The Labute approximate surface area is 190 Å². The third-order valence-electron chi connectivity index (χ3n) is 6.63. The molecule has 0 amide bonds. The van der Waals surface area contributed by atoms with Gasteiger partial charge in [-0.1, -0.05) is 0 Å². The van der Waals surface area contributed by atoms with Crippen LogP contribution in [-0.4, -0.2) is 73.9 Å². The maximum Gasteiger partial charge on any atom is 0.323 e. The Bertz CT molecular complexity index is 1010. The minimum Gasteiger partial charge on any atom is -0.465 e. The zero-order chi connectivity index (χ0) is 24.0. The second-order valence-electron chi connectivity index (χ2n) is 9.44. The first-order valence-corrected chi connectivity index (χ1v) is 11.2. The van der Waals surface area contributed by atoms with Crippen molar-refractivity contribution < 1.29 is 28.2 Å².